The summed E-state index contributed by atoms with van der Waals surface area (Å²) in [5.41, 5.74) is 1.63. The van der Waals surface area contributed by atoms with Gasteiger partial charge in [0.05, 0.1) is 29.5 Å². The van der Waals surface area contributed by atoms with Crippen molar-refractivity contribution in [1.82, 2.24) is 0 Å². The fourth-order valence-electron chi connectivity index (χ4n) is 3.12. The van der Waals surface area contributed by atoms with Crippen molar-refractivity contribution in [2.45, 2.75) is 40.2 Å². The van der Waals surface area contributed by atoms with Gasteiger partial charge in [0.25, 0.3) is 0 Å². The lowest BCUT2D eigenvalue weighted by Crippen LogP contribution is -2.42. The van der Waals surface area contributed by atoms with Gasteiger partial charge in [0.15, 0.2) is 5.78 Å². The van der Waals surface area contributed by atoms with Crippen LogP contribution in [-0.4, -0.2) is 29.0 Å². The van der Waals surface area contributed by atoms with E-state index in [-0.39, 0.29) is 29.4 Å². The number of nitrogens with zero attached hydrogens (tertiary/aromatic N) is 1. The number of hydrogen-bond acceptors (Lipinski definition) is 5. The van der Waals surface area contributed by atoms with E-state index >= 15 is 0 Å². The van der Waals surface area contributed by atoms with E-state index < -0.39 is 11.5 Å². The van der Waals surface area contributed by atoms with Gasteiger partial charge in [0.1, 0.15) is 5.76 Å². The van der Waals surface area contributed by atoms with Gasteiger partial charge in [-0.1, -0.05) is 17.7 Å². The van der Waals surface area contributed by atoms with E-state index in [1.54, 1.807) is 11.8 Å². The maximum Gasteiger partial charge on any atom is 0.332 e. The van der Waals surface area contributed by atoms with Crippen molar-refractivity contribution in [3.8, 4) is 0 Å². The number of aliphatic hydroxyl groups is 1. The Labute approximate surface area is 142 Å². The molecule has 0 atom stereocenters. The second-order valence-corrected chi connectivity index (χ2v) is 6.29. The number of ketones is 1. The highest BCUT2D eigenvalue weighted by Gasteiger charge is 2.46. The lowest BCUT2D eigenvalue weighted by atomic mass is 9.91. The predicted octanol–water partition coefficient (Wildman–Crippen LogP) is 3.44. The fourth-order valence-corrected chi connectivity index (χ4v) is 3.12. The first-order valence-electron chi connectivity index (χ1n) is 7.90. The van der Waals surface area contributed by atoms with Crippen molar-refractivity contribution in [3.63, 3.8) is 0 Å². The predicted molar refractivity (Wildman–Crippen MR) is 92.8 cm³/mol. The molecule has 0 saturated heterocycles. The quantitative estimate of drug-likeness (QED) is 0.677. The van der Waals surface area contributed by atoms with Gasteiger partial charge < -0.3 is 14.7 Å². The first kappa shape index (κ1) is 17.8. The number of Topliss-reactive ketones (excluding diaryl/α,β-unsaturated/α-hetero) is 1. The van der Waals surface area contributed by atoms with Crippen LogP contribution in [0.1, 0.15) is 33.3 Å². The lowest BCUT2D eigenvalue weighted by Gasteiger charge is -2.35. The average molecular weight is 329 g/mol. The molecule has 128 valence electrons. The number of ether oxygens (including phenoxy) is 1. The van der Waals surface area contributed by atoms with Gasteiger partial charge in [-0.15, -0.1) is 0 Å². The second-order valence-electron chi connectivity index (χ2n) is 6.29. The maximum atomic E-state index is 12.1. The van der Waals surface area contributed by atoms with Crippen LogP contribution in [0.3, 0.4) is 0 Å². The second kappa shape index (κ2) is 6.51. The van der Waals surface area contributed by atoms with Crippen LogP contribution in [0.5, 0.6) is 0 Å². The summed E-state index contributed by atoms with van der Waals surface area (Å²) < 4.78 is 4.96. The molecule has 1 aromatic rings. The number of hydrogen-bond donors (Lipinski definition) is 1. The van der Waals surface area contributed by atoms with Gasteiger partial charge in [-0.05, 0) is 46.8 Å². The number of carbonyl (C=O) groups is 2. The smallest absolute Gasteiger partial charge is 0.332 e. The van der Waals surface area contributed by atoms with Crippen molar-refractivity contribution in [2.75, 3.05) is 11.5 Å². The minimum absolute atomic E-state index is 0.180. The van der Waals surface area contributed by atoms with E-state index in [1.165, 1.54) is 13.0 Å². The van der Waals surface area contributed by atoms with Gasteiger partial charge in [-0.2, -0.15) is 0 Å². The minimum Gasteiger partial charge on any atom is -0.505 e. The highest BCUT2D eigenvalue weighted by atomic mass is 16.5. The molecule has 1 aromatic carbocycles. The number of aliphatic hydroxyl groups excluding tert-OH is 1. The Morgan fingerprint density at radius 1 is 1.25 bits per heavy atom. The molecule has 0 aliphatic carbocycles. The third kappa shape index (κ3) is 3.07. The van der Waals surface area contributed by atoms with Crippen molar-refractivity contribution >= 4 is 17.4 Å². The molecule has 0 radical (unpaired) electrons. The molecule has 1 aliphatic heterocycles. The molecule has 5 nitrogen and oxygen atoms in total. The Morgan fingerprint density at radius 3 is 2.33 bits per heavy atom. The third-order valence-corrected chi connectivity index (χ3v) is 4.08. The molecule has 2 rings (SSSR count). The number of aryl methyl sites for hydroxylation is 1. The summed E-state index contributed by atoms with van der Waals surface area (Å²) in [4.78, 5) is 25.8. The number of carbonyl (C=O) groups excluding carboxylic acids is 2. The molecule has 0 fully saturated rings. The monoisotopic (exact) mass is 329 g/mol. The van der Waals surface area contributed by atoms with Crippen molar-refractivity contribution in [3.05, 3.63) is 52.9 Å². The standard InChI is InChI=1S/C19H23NO4/c1-6-24-16(22)11-15-18(23)17(13(3)21)19(4,5)20(15)14-9-7-12(2)8-10-14/h7-11,23H,6H2,1-5H3/b15-11+. The van der Waals surface area contributed by atoms with E-state index in [9.17, 15) is 14.7 Å². The van der Waals surface area contributed by atoms with Crippen molar-refractivity contribution in [1.29, 1.82) is 0 Å². The van der Waals surface area contributed by atoms with Crippen LogP contribution in [0, 0.1) is 6.92 Å². The Morgan fingerprint density at radius 2 is 1.83 bits per heavy atom. The molecule has 1 heterocycles. The number of rotatable bonds is 4. The van der Waals surface area contributed by atoms with E-state index in [1.807, 2.05) is 45.0 Å². The van der Waals surface area contributed by atoms with Crippen LogP contribution in [0.2, 0.25) is 0 Å². The van der Waals surface area contributed by atoms with Crippen LogP contribution in [0.25, 0.3) is 0 Å². The zero-order chi connectivity index (χ0) is 18.1. The average Bonchev–Trinajstić information content (AvgIpc) is 2.66. The zero-order valence-electron chi connectivity index (χ0n) is 14.7. The van der Waals surface area contributed by atoms with E-state index in [0.717, 1.165) is 11.3 Å². The number of benzene rings is 1. The molecule has 24 heavy (non-hydrogen) atoms. The molecule has 0 aromatic heterocycles. The Hall–Kier alpha value is -2.56. The molecule has 0 spiro atoms. The molecule has 1 aliphatic rings. The van der Waals surface area contributed by atoms with Gasteiger partial charge in [-0.25, -0.2) is 4.79 Å². The first-order chi connectivity index (χ1) is 11.2. The topological polar surface area (TPSA) is 66.8 Å². The normalized spacial score (nSPS) is 18.2. The molecule has 1 N–H and O–H groups in total. The Balaban J connectivity index is 2.63. The van der Waals surface area contributed by atoms with E-state index in [4.69, 9.17) is 4.74 Å². The molecule has 0 bridgehead atoms. The van der Waals surface area contributed by atoms with Gasteiger partial charge in [0, 0.05) is 5.69 Å². The summed E-state index contributed by atoms with van der Waals surface area (Å²) in [6.07, 6.45) is 1.23. The van der Waals surface area contributed by atoms with E-state index in [2.05, 4.69) is 0 Å². The van der Waals surface area contributed by atoms with Gasteiger partial charge in [0.2, 0.25) is 0 Å². The van der Waals surface area contributed by atoms with Gasteiger partial charge >= 0.3 is 5.97 Å². The lowest BCUT2D eigenvalue weighted by molar-refractivity contribution is -0.137. The minimum atomic E-state index is -0.788. The molecule has 0 amide bonds. The van der Waals surface area contributed by atoms with Crippen LogP contribution in [0.4, 0.5) is 5.69 Å². The summed E-state index contributed by atoms with van der Waals surface area (Å²) in [6, 6.07) is 7.67. The number of esters is 1. The molecular formula is C19H23NO4. The highest BCUT2D eigenvalue weighted by molar-refractivity contribution is 6.00. The molecule has 5 heteroatoms. The Kier molecular flexibility index (Phi) is 4.83. The first-order valence-corrected chi connectivity index (χ1v) is 7.90. The third-order valence-electron chi connectivity index (χ3n) is 4.08. The fraction of sp³-hybridized carbons (Fsp3) is 0.368. The molecule has 0 saturated carbocycles. The Bertz CT molecular complexity index is 726. The van der Waals surface area contributed by atoms with E-state index in [0.29, 0.717) is 0 Å². The van der Waals surface area contributed by atoms with Crippen LogP contribution < -0.4 is 4.90 Å². The highest BCUT2D eigenvalue weighted by Crippen LogP contribution is 2.43. The van der Waals surface area contributed by atoms with Crippen molar-refractivity contribution in [2.24, 2.45) is 0 Å². The summed E-state index contributed by atoms with van der Waals surface area (Å²) >= 11 is 0. The number of anilines is 1. The SMILES string of the molecule is CCOC(=O)/C=C1\C(O)=C(C(C)=O)C(C)(C)N1c1ccc(C)cc1. The maximum absolute atomic E-state index is 12.1. The molecule has 0 unspecified atom stereocenters. The van der Waals surface area contributed by atoms with Crippen LogP contribution in [0.15, 0.2) is 47.4 Å². The summed E-state index contributed by atoms with van der Waals surface area (Å²) in [6.45, 7) is 9.01. The van der Waals surface area contributed by atoms with Crippen LogP contribution in [-0.2, 0) is 14.3 Å². The summed E-state index contributed by atoms with van der Waals surface area (Å²) in [5, 5.41) is 10.6. The molecular weight excluding hydrogens is 306 g/mol. The van der Waals surface area contributed by atoms with Gasteiger partial charge in [-0.3, -0.25) is 4.79 Å². The van der Waals surface area contributed by atoms with Crippen LogP contribution >= 0.6 is 0 Å². The summed E-state index contributed by atoms with van der Waals surface area (Å²) in [5.74, 6) is -0.972. The summed E-state index contributed by atoms with van der Waals surface area (Å²) in [7, 11) is 0. The largest absolute Gasteiger partial charge is 0.505 e. The zero-order valence-corrected chi connectivity index (χ0v) is 14.7. The van der Waals surface area contributed by atoms with Crippen molar-refractivity contribution < 1.29 is 19.4 Å².